The summed E-state index contributed by atoms with van der Waals surface area (Å²) in [5, 5.41) is 13.1. The molecule has 0 bridgehead atoms. The fraction of sp³-hybridized carbons (Fsp3) is 0.929. The van der Waals surface area contributed by atoms with Crippen molar-refractivity contribution in [3.8, 4) is 6.07 Å². The molecule has 1 aliphatic carbocycles. The highest BCUT2D eigenvalue weighted by atomic mass is 16.5. The summed E-state index contributed by atoms with van der Waals surface area (Å²) in [6.45, 7) is 6.67. The van der Waals surface area contributed by atoms with Gasteiger partial charge in [-0.15, -0.1) is 0 Å². The number of hydrogen-bond donors (Lipinski definition) is 1. The van der Waals surface area contributed by atoms with Gasteiger partial charge in [0, 0.05) is 19.7 Å². The van der Waals surface area contributed by atoms with E-state index in [0.29, 0.717) is 18.6 Å². The van der Waals surface area contributed by atoms with Crippen LogP contribution in [0.15, 0.2) is 0 Å². The van der Waals surface area contributed by atoms with E-state index < -0.39 is 0 Å². The number of methoxy groups -OCH3 is 1. The zero-order valence-electron chi connectivity index (χ0n) is 12.2. The summed E-state index contributed by atoms with van der Waals surface area (Å²) in [5.41, 5.74) is -0.368. The second-order valence-electron chi connectivity index (χ2n) is 5.50. The zero-order valence-corrected chi connectivity index (χ0v) is 12.2. The van der Waals surface area contributed by atoms with E-state index >= 15 is 0 Å². The first-order valence-corrected chi connectivity index (χ1v) is 6.95. The minimum atomic E-state index is -0.368. The van der Waals surface area contributed by atoms with Crippen LogP contribution in [0.25, 0.3) is 0 Å². The summed E-state index contributed by atoms with van der Waals surface area (Å²) in [4.78, 5) is 2.23. The molecule has 18 heavy (non-hydrogen) atoms. The highest BCUT2D eigenvalue weighted by molar-refractivity contribution is 5.16. The fourth-order valence-electron chi connectivity index (χ4n) is 2.34. The molecular formula is C14H27N3O. The Morgan fingerprint density at radius 2 is 2.22 bits per heavy atom. The van der Waals surface area contributed by atoms with Gasteiger partial charge in [-0.1, -0.05) is 6.92 Å². The molecule has 0 aliphatic heterocycles. The maximum absolute atomic E-state index is 9.60. The molecule has 104 valence electrons. The number of nitrogens with one attached hydrogen (secondary N) is 1. The Morgan fingerprint density at radius 3 is 2.67 bits per heavy atom. The van der Waals surface area contributed by atoms with Crippen LogP contribution in [-0.2, 0) is 4.74 Å². The molecule has 1 fully saturated rings. The Balaban J connectivity index is 2.63. The molecule has 0 spiro atoms. The lowest BCUT2D eigenvalue weighted by Crippen LogP contribution is -2.55. The van der Waals surface area contributed by atoms with E-state index in [1.54, 1.807) is 7.11 Å². The smallest absolute Gasteiger partial charge is 0.122 e. The van der Waals surface area contributed by atoms with E-state index in [-0.39, 0.29) is 5.54 Å². The molecule has 0 aromatic carbocycles. The average molecular weight is 253 g/mol. The summed E-state index contributed by atoms with van der Waals surface area (Å²) in [7, 11) is 3.80. The average Bonchev–Trinajstić information content (AvgIpc) is 3.19. The first-order chi connectivity index (χ1) is 8.59. The van der Waals surface area contributed by atoms with E-state index in [2.05, 4.69) is 37.2 Å². The predicted octanol–water partition coefficient (Wildman–Crippen LogP) is 1.63. The van der Waals surface area contributed by atoms with Crippen LogP contribution in [0, 0.1) is 17.2 Å². The van der Waals surface area contributed by atoms with Crippen LogP contribution >= 0.6 is 0 Å². The molecule has 1 N–H and O–H groups in total. The Bertz CT molecular complexity index is 285. The SMILES string of the molecule is CCCNC(C#N)(CN(C)C(C)COC)C1CC1. The molecule has 0 saturated heterocycles. The molecule has 4 nitrogen and oxygen atoms in total. The Morgan fingerprint density at radius 1 is 1.56 bits per heavy atom. The van der Waals surface area contributed by atoms with Crippen molar-refractivity contribution < 1.29 is 4.74 Å². The second kappa shape index (κ2) is 7.08. The summed E-state index contributed by atoms with van der Waals surface area (Å²) < 4.78 is 5.19. The maximum Gasteiger partial charge on any atom is 0.122 e. The van der Waals surface area contributed by atoms with Crippen molar-refractivity contribution in [1.82, 2.24) is 10.2 Å². The van der Waals surface area contributed by atoms with E-state index in [9.17, 15) is 5.26 Å². The van der Waals surface area contributed by atoms with E-state index in [0.717, 1.165) is 19.5 Å². The summed E-state index contributed by atoms with van der Waals surface area (Å²) in [5.74, 6) is 0.520. The van der Waals surface area contributed by atoms with E-state index in [4.69, 9.17) is 4.74 Å². The fourth-order valence-corrected chi connectivity index (χ4v) is 2.34. The number of likely N-dealkylation sites (N-methyl/N-ethyl adjacent to an activating group) is 1. The first-order valence-electron chi connectivity index (χ1n) is 6.95. The summed E-state index contributed by atoms with van der Waals surface area (Å²) >= 11 is 0. The van der Waals surface area contributed by atoms with Crippen molar-refractivity contribution in [3.05, 3.63) is 0 Å². The molecule has 0 radical (unpaired) electrons. The van der Waals surface area contributed by atoms with E-state index in [1.165, 1.54) is 12.8 Å². The topological polar surface area (TPSA) is 48.3 Å². The Hall–Kier alpha value is -0.630. The molecule has 0 aromatic heterocycles. The highest BCUT2D eigenvalue weighted by Crippen LogP contribution is 2.40. The minimum absolute atomic E-state index is 0.338. The lowest BCUT2D eigenvalue weighted by molar-refractivity contribution is 0.0982. The van der Waals surface area contributed by atoms with Crippen LogP contribution in [0.3, 0.4) is 0 Å². The van der Waals surface area contributed by atoms with Gasteiger partial charge in [-0.3, -0.25) is 10.2 Å². The first kappa shape index (κ1) is 15.4. The molecule has 2 unspecified atom stereocenters. The largest absolute Gasteiger partial charge is 0.383 e. The van der Waals surface area contributed by atoms with Gasteiger partial charge in [-0.25, -0.2) is 0 Å². The molecule has 1 rings (SSSR count). The number of rotatable bonds is 9. The van der Waals surface area contributed by atoms with Crippen LogP contribution < -0.4 is 5.32 Å². The van der Waals surface area contributed by atoms with Gasteiger partial charge in [0.2, 0.25) is 0 Å². The standard InChI is InChI=1S/C14H27N3O/c1-5-8-16-14(10-15,13-6-7-13)11-17(3)12(2)9-18-4/h12-13,16H,5-9,11H2,1-4H3. The molecule has 4 heteroatoms. The van der Waals surface area contributed by atoms with Gasteiger partial charge < -0.3 is 4.74 Å². The highest BCUT2D eigenvalue weighted by Gasteiger charge is 2.46. The molecular weight excluding hydrogens is 226 g/mol. The number of nitriles is 1. The number of ether oxygens (including phenoxy) is 1. The number of nitrogens with zero attached hydrogens (tertiary/aromatic N) is 2. The van der Waals surface area contributed by atoms with Crippen molar-refractivity contribution in [2.75, 3.05) is 33.9 Å². The van der Waals surface area contributed by atoms with Gasteiger partial charge in [-0.05, 0) is 45.7 Å². The molecule has 2 atom stereocenters. The quantitative estimate of drug-likeness (QED) is 0.678. The third kappa shape index (κ3) is 3.94. The molecule has 0 heterocycles. The van der Waals surface area contributed by atoms with Gasteiger partial charge in [-0.2, -0.15) is 5.26 Å². The normalized spacial score (nSPS) is 20.4. The Kier molecular flexibility index (Phi) is 6.07. The van der Waals surface area contributed by atoms with Crippen molar-refractivity contribution in [2.24, 2.45) is 5.92 Å². The molecule has 1 aliphatic rings. The minimum Gasteiger partial charge on any atom is -0.383 e. The lowest BCUT2D eigenvalue weighted by Gasteiger charge is -2.35. The van der Waals surface area contributed by atoms with Gasteiger partial charge in [0.05, 0.1) is 12.7 Å². The molecule has 0 amide bonds. The van der Waals surface area contributed by atoms with Gasteiger partial charge in [0.1, 0.15) is 5.54 Å². The van der Waals surface area contributed by atoms with Crippen molar-refractivity contribution in [3.63, 3.8) is 0 Å². The lowest BCUT2D eigenvalue weighted by atomic mass is 9.93. The van der Waals surface area contributed by atoms with Crippen LogP contribution in [0.5, 0.6) is 0 Å². The third-order valence-electron chi connectivity index (χ3n) is 3.82. The van der Waals surface area contributed by atoms with Gasteiger partial charge in [0.25, 0.3) is 0 Å². The van der Waals surface area contributed by atoms with Crippen LogP contribution in [0.2, 0.25) is 0 Å². The van der Waals surface area contributed by atoms with Crippen molar-refractivity contribution in [2.45, 2.75) is 44.7 Å². The Labute approximate surface area is 111 Å². The van der Waals surface area contributed by atoms with Crippen LogP contribution in [0.1, 0.15) is 33.1 Å². The van der Waals surface area contributed by atoms with Crippen LogP contribution in [0.4, 0.5) is 0 Å². The van der Waals surface area contributed by atoms with Crippen molar-refractivity contribution in [1.29, 1.82) is 5.26 Å². The monoisotopic (exact) mass is 253 g/mol. The number of hydrogen-bond acceptors (Lipinski definition) is 4. The molecule has 1 saturated carbocycles. The van der Waals surface area contributed by atoms with E-state index in [1.807, 2.05) is 0 Å². The maximum atomic E-state index is 9.60. The van der Waals surface area contributed by atoms with Crippen LogP contribution in [-0.4, -0.2) is 50.3 Å². The van der Waals surface area contributed by atoms with Crippen molar-refractivity contribution >= 4 is 0 Å². The van der Waals surface area contributed by atoms with Gasteiger partial charge in [0.15, 0.2) is 0 Å². The van der Waals surface area contributed by atoms with Gasteiger partial charge >= 0.3 is 0 Å². The predicted molar refractivity (Wildman–Crippen MR) is 73.3 cm³/mol. The third-order valence-corrected chi connectivity index (χ3v) is 3.82. The molecule has 0 aromatic rings. The summed E-state index contributed by atoms with van der Waals surface area (Å²) in [6.07, 6.45) is 3.42. The summed E-state index contributed by atoms with van der Waals surface area (Å²) in [6, 6.07) is 2.88. The zero-order chi connectivity index (χ0) is 13.6. The second-order valence-corrected chi connectivity index (χ2v) is 5.50.